The Morgan fingerprint density at radius 1 is 1.06 bits per heavy atom. The summed E-state index contributed by atoms with van der Waals surface area (Å²) in [5.74, 6) is -0.272. The van der Waals surface area contributed by atoms with Gasteiger partial charge in [0.25, 0.3) is 5.91 Å². The van der Waals surface area contributed by atoms with Crippen molar-refractivity contribution in [2.75, 3.05) is 13.1 Å². The lowest BCUT2D eigenvalue weighted by molar-refractivity contribution is -0.137. The van der Waals surface area contributed by atoms with Crippen LogP contribution in [0.5, 0.6) is 0 Å². The van der Waals surface area contributed by atoms with E-state index in [0.29, 0.717) is 35.2 Å². The summed E-state index contributed by atoms with van der Waals surface area (Å²) in [5.41, 5.74) is 1.96. The Balaban J connectivity index is 1.73. The number of rotatable bonds is 6. The molecule has 2 aromatic rings. The van der Waals surface area contributed by atoms with Gasteiger partial charge in [-0.15, -0.1) is 0 Å². The third kappa shape index (κ3) is 5.83. The molecule has 0 spiro atoms. The quantitative estimate of drug-likeness (QED) is 0.582. The second kappa shape index (κ2) is 10.1. The number of likely N-dealkylation sites (tertiary alicyclic amines) is 1. The molecule has 1 saturated heterocycles. The van der Waals surface area contributed by atoms with Gasteiger partial charge >= 0.3 is 0 Å². The number of piperidine rings is 1. The monoisotopic (exact) mass is 468 g/mol. The molecule has 2 aromatic carbocycles. The highest BCUT2D eigenvalue weighted by atomic mass is 35.5. The molecule has 2 amide bonds. The second-order valence-electron chi connectivity index (χ2n) is 9.97. The number of amides is 2. The average Bonchev–Trinajstić information content (AvgIpc) is 2.76. The van der Waals surface area contributed by atoms with Gasteiger partial charge < -0.3 is 10.2 Å². The molecule has 6 heteroatoms. The molecule has 33 heavy (non-hydrogen) atoms. The van der Waals surface area contributed by atoms with Gasteiger partial charge in [-0.25, -0.2) is 0 Å². The normalized spacial score (nSPS) is 18.6. The number of halogens is 1. The largest absolute Gasteiger partial charge is 0.340 e. The summed E-state index contributed by atoms with van der Waals surface area (Å²) in [4.78, 5) is 40.0. The Morgan fingerprint density at radius 2 is 1.70 bits per heavy atom. The van der Waals surface area contributed by atoms with E-state index >= 15 is 0 Å². The first-order chi connectivity index (χ1) is 15.5. The molecule has 1 N–H and O–H groups in total. The Bertz CT molecular complexity index is 1030. The van der Waals surface area contributed by atoms with Crippen LogP contribution in [-0.2, 0) is 4.79 Å². The Kier molecular flexibility index (Phi) is 7.63. The zero-order valence-corrected chi connectivity index (χ0v) is 20.8. The number of nitrogens with zero attached hydrogens (tertiary/aromatic N) is 1. The maximum Gasteiger partial charge on any atom is 0.251 e. The van der Waals surface area contributed by atoms with E-state index in [2.05, 4.69) is 31.3 Å². The summed E-state index contributed by atoms with van der Waals surface area (Å²) in [6.45, 7) is 10.9. The van der Waals surface area contributed by atoms with E-state index in [4.69, 9.17) is 11.6 Å². The van der Waals surface area contributed by atoms with Gasteiger partial charge in [0, 0.05) is 29.2 Å². The molecule has 0 aromatic heterocycles. The van der Waals surface area contributed by atoms with E-state index in [1.165, 1.54) is 12.5 Å². The number of Topliss-reactive ketones (excluding diaryl/α,β-unsaturated/α-hetero) is 1. The van der Waals surface area contributed by atoms with Crippen molar-refractivity contribution in [3.63, 3.8) is 0 Å². The lowest BCUT2D eigenvalue weighted by Gasteiger charge is -2.45. The number of hydrogen-bond acceptors (Lipinski definition) is 3. The van der Waals surface area contributed by atoms with Gasteiger partial charge in [-0.3, -0.25) is 14.4 Å². The Morgan fingerprint density at radius 3 is 2.27 bits per heavy atom. The van der Waals surface area contributed by atoms with Crippen LogP contribution in [0.1, 0.15) is 73.2 Å². The van der Waals surface area contributed by atoms with Crippen molar-refractivity contribution in [3.8, 4) is 0 Å². The van der Waals surface area contributed by atoms with Crippen molar-refractivity contribution in [2.24, 2.45) is 11.3 Å². The first kappa shape index (κ1) is 25.0. The molecule has 5 nitrogen and oxygen atoms in total. The lowest BCUT2D eigenvalue weighted by Crippen LogP contribution is -2.55. The fourth-order valence-electron chi connectivity index (χ4n) is 4.67. The van der Waals surface area contributed by atoms with Gasteiger partial charge in [0.15, 0.2) is 5.78 Å². The summed E-state index contributed by atoms with van der Waals surface area (Å²) in [6.07, 6.45) is 0.847. The zero-order chi connectivity index (χ0) is 24.3. The lowest BCUT2D eigenvalue weighted by atomic mass is 9.70. The van der Waals surface area contributed by atoms with E-state index in [-0.39, 0.29) is 28.9 Å². The number of ketones is 1. The highest BCUT2D eigenvalue weighted by Gasteiger charge is 2.40. The molecule has 0 aliphatic carbocycles. The SMILES string of the molecule is CC(=O)c1cccc(C(=O)NC(C(=O)N2CCC(c3ccc(Cl)cc3)C(C)(C)C2)C(C)C)c1. The van der Waals surface area contributed by atoms with E-state index < -0.39 is 6.04 Å². The zero-order valence-electron chi connectivity index (χ0n) is 20.0. The van der Waals surface area contributed by atoms with E-state index in [1.54, 1.807) is 24.3 Å². The Hall–Kier alpha value is -2.66. The number of benzene rings is 2. The first-order valence-corrected chi connectivity index (χ1v) is 11.8. The fourth-order valence-corrected chi connectivity index (χ4v) is 4.80. The number of nitrogens with one attached hydrogen (secondary N) is 1. The van der Waals surface area contributed by atoms with Crippen molar-refractivity contribution in [3.05, 3.63) is 70.2 Å². The Labute approximate surface area is 201 Å². The predicted octanol–water partition coefficient (Wildman–Crippen LogP) is 5.34. The maximum absolute atomic E-state index is 13.5. The van der Waals surface area contributed by atoms with Crippen LogP contribution >= 0.6 is 11.6 Å². The fraction of sp³-hybridized carbons (Fsp3) is 0.444. The van der Waals surface area contributed by atoms with Crippen molar-refractivity contribution in [1.82, 2.24) is 10.2 Å². The summed E-state index contributed by atoms with van der Waals surface area (Å²) in [5, 5.41) is 3.63. The van der Waals surface area contributed by atoms with Crippen LogP contribution in [0.15, 0.2) is 48.5 Å². The minimum absolute atomic E-state index is 0.0660. The first-order valence-electron chi connectivity index (χ1n) is 11.5. The van der Waals surface area contributed by atoms with Crippen LogP contribution in [0.2, 0.25) is 5.02 Å². The average molecular weight is 469 g/mol. The molecule has 1 heterocycles. The standard InChI is InChI=1S/C27H33ClN2O3/c1-17(2)24(29-25(32)21-8-6-7-20(15-21)18(3)31)26(33)30-14-13-23(27(4,5)16-30)19-9-11-22(28)12-10-19/h6-12,15,17,23-24H,13-14,16H2,1-5H3,(H,29,32). The van der Waals surface area contributed by atoms with Gasteiger partial charge in [0.05, 0.1) is 0 Å². The van der Waals surface area contributed by atoms with Crippen LogP contribution in [0.4, 0.5) is 0 Å². The van der Waals surface area contributed by atoms with E-state index in [0.717, 1.165) is 6.42 Å². The van der Waals surface area contributed by atoms with Crippen molar-refractivity contribution < 1.29 is 14.4 Å². The number of carbonyl (C=O) groups excluding carboxylic acids is 3. The van der Waals surface area contributed by atoms with Gasteiger partial charge in [0.1, 0.15) is 6.04 Å². The molecule has 3 rings (SSSR count). The minimum atomic E-state index is -0.638. The molecular weight excluding hydrogens is 436 g/mol. The van der Waals surface area contributed by atoms with E-state index in [1.807, 2.05) is 30.9 Å². The third-order valence-corrected chi connectivity index (χ3v) is 6.82. The molecule has 0 radical (unpaired) electrons. The second-order valence-corrected chi connectivity index (χ2v) is 10.4. The highest BCUT2D eigenvalue weighted by Crippen LogP contribution is 2.42. The predicted molar refractivity (Wildman–Crippen MR) is 132 cm³/mol. The van der Waals surface area contributed by atoms with Crippen LogP contribution in [0.25, 0.3) is 0 Å². The summed E-state index contributed by atoms with van der Waals surface area (Å²) in [7, 11) is 0. The number of hydrogen-bond donors (Lipinski definition) is 1. The van der Waals surface area contributed by atoms with Crippen molar-refractivity contribution in [1.29, 1.82) is 0 Å². The van der Waals surface area contributed by atoms with E-state index in [9.17, 15) is 14.4 Å². The highest BCUT2D eigenvalue weighted by molar-refractivity contribution is 6.30. The summed E-state index contributed by atoms with van der Waals surface area (Å²) >= 11 is 6.06. The molecule has 1 aliphatic heterocycles. The van der Waals surface area contributed by atoms with Crippen molar-refractivity contribution in [2.45, 2.75) is 53.0 Å². The van der Waals surface area contributed by atoms with Crippen LogP contribution in [0, 0.1) is 11.3 Å². The molecular formula is C27H33ClN2O3. The molecule has 1 aliphatic rings. The minimum Gasteiger partial charge on any atom is -0.340 e. The van der Waals surface area contributed by atoms with Crippen LogP contribution < -0.4 is 5.32 Å². The molecule has 0 bridgehead atoms. The smallest absolute Gasteiger partial charge is 0.251 e. The number of carbonyl (C=O) groups is 3. The van der Waals surface area contributed by atoms with Gasteiger partial charge in [-0.05, 0) is 60.4 Å². The summed E-state index contributed by atoms with van der Waals surface area (Å²) in [6, 6.07) is 13.9. The van der Waals surface area contributed by atoms with Gasteiger partial charge in [-0.2, -0.15) is 0 Å². The van der Waals surface area contributed by atoms with Crippen molar-refractivity contribution >= 4 is 29.2 Å². The maximum atomic E-state index is 13.5. The molecule has 176 valence electrons. The van der Waals surface area contributed by atoms with Gasteiger partial charge in [-0.1, -0.05) is 63.6 Å². The molecule has 0 saturated carbocycles. The topological polar surface area (TPSA) is 66.5 Å². The summed E-state index contributed by atoms with van der Waals surface area (Å²) < 4.78 is 0. The molecule has 2 unspecified atom stereocenters. The van der Waals surface area contributed by atoms with Gasteiger partial charge in [0.2, 0.25) is 5.91 Å². The molecule has 1 fully saturated rings. The van der Waals surface area contributed by atoms with Crippen LogP contribution in [-0.4, -0.2) is 41.6 Å². The van der Waals surface area contributed by atoms with Crippen LogP contribution in [0.3, 0.4) is 0 Å². The third-order valence-electron chi connectivity index (χ3n) is 6.56. The molecule has 2 atom stereocenters.